The molecule has 1 rings (SSSR count). The largest absolute Gasteiger partial charge is 0.317 e. The zero-order valence-corrected chi connectivity index (χ0v) is 13.3. The Balaban J connectivity index is 2.10. The fraction of sp³-hybridized carbons (Fsp3) is 1.00. The van der Waals surface area contributed by atoms with Gasteiger partial charge in [0.1, 0.15) is 0 Å². The Morgan fingerprint density at radius 3 is 2.58 bits per heavy atom. The van der Waals surface area contributed by atoms with Crippen LogP contribution in [0.15, 0.2) is 0 Å². The van der Waals surface area contributed by atoms with Gasteiger partial charge in [-0.2, -0.15) is 0 Å². The van der Waals surface area contributed by atoms with Crippen LogP contribution in [0.4, 0.5) is 0 Å². The van der Waals surface area contributed by atoms with Crippen LogP contribution in [0.5, 0.6) is 0 Å². The molecular weight excluding hydrogens is 260 g/mol. The highest BCUT2D eigenvalue weighted by Gasteiger charge is 2.24. The molecule has 1 fully saturated rings. The Labute approximate surface area is 118 Å². The molecule has 0 radical (unpaired) electrons. The van der Waals surface area contributed by atoms with Gasteiger partial charge in [0.05, 0.1) is 5.75 Å². The average Bonchev–Trinajstić information content (AvgIpc) is 2.77. The first-order valence-electron chi connectivity index (χ1n) is 7.73. The maximum absolute atomic E-state index is 11.9. The summed E-state index contributed by atoms with van der Waals surface area (Å²) in [6.07, 6.45) is 6.46. The lowest BCUT2D eigenvalue weighted by Crippen LogP contribution is -2.32. The lowest BCUT2D eigenvalue weighted by atomic mass is 9.99. The molecule has 0 saturated heterocycles. The molecule has 2 atom stereocenters. The van der Waals surface area contributed by atoms with Gasteiger partial charge in [-0.3, -0.25) is 0 Å². The minimum atomic E-state index is -3.06. The van der Waals surface area contributed by atoms with E-state index >= 15 is 0 Å². The maximum atomic E-state index is 11.9. The minimum Gasteiger partial charge on any atom is -0.317 e. The molecule has 5 heteroatoms. The number of rotatable bonds is 10. The molecule has 1 saturated carbocycles. The lowest BCUT2D eigenvalue weighted by Gasteiger charge is -2.16. The van der Waals surface area contributed by atoms with Crippen molar-refractivity contribution in [3.05, 3.63) is 0 Å². The molecule has 0 aromatic carbocycles. The van der Waals surface area contributed by atoms with Crippen molar-refractivity contribution in [2.45, 2.75) is 52.4 Å². The van der Waals surface area contributed by atoms with Crippen LogP contribution >= 0.6 is 0 Å². The fourth-order valence-corrected chi connectivity index (χ4v) is 3.87. The van der Waals surface area contributed by atoms with Gasteiger partial charge in [0.2, 0.25) is 10.0 Å². The van der Waals surface area contributed by atoms with Crippen LogP contribution < -0.4 is 10.0 Å². The summed E-state index contributed by atoms with van der Waals surface area (Å²) in [5.41, 5.74) is 0. The van der Waals surface area contributed by atoms with Crippen LogP contribution in [0, 0.1) is 11.8 Å². The molecule has 19 heavy (non-hydrogen) atoms. The van der Waals surface area contributed by atoms with Crippen LogP contribution in [0.25, 0.3) is 0 Å². The summed E-state index contributed by atoms with van der Waals surface area (Å²) in [7, 11) is -3.06. The summed E-state index contributed by atoms with van der Waals surface area (Å²) in [4.78, 5) is 0. The van der Waals surface area contributed by atoms with E-state index in [0.717, 1.165) is 32.4 Å². The van der Waals surface area contributed by atoms with Crippen molar-refractivity contribution < 1.29 is 8.42 Å². The highest BCUT2D eigenvalue weighted by Crippen LogP contribution is 2.30. The monoisotopic (exact) mass is 290 g/mol. The number of hydrogen-bond acceptors (Lipinski definition) is 3. The van der Waals surface area contributed by atoms with Crippen LogP contribution in [-0.4, -0.2) is 33.8 Å². The number of sulfonamides is 1. The number of unbranched alkanes of at least 4 members (excludes halogenated alkanes) is 1. The molecule has 0 aromatic rings. The fourth-order valence-electron chi connectivity index (χ4n) is 2.68. The first kappa shape index (κ1) is 16.9. The van der Waals surface area contributed by atoms with Crippen molar-refractivity contribution in [3.8, 4) is 0 Å². The van der Waals surface area contributed by atoms with Gasteiger partial charge in [0.25, 0.3) is 0 Å². The highest BCUT2D eigenvalue weighted by atomic mass is 32.2. The average molecular weight is 290 g/mol. The van der Waals surface area contributed by atoms with Crippen molar-refractivity contribution in [1.82, 2.24) is 10.0 Å². The summed E-state index contributed by atoms with van der Waals surface area (Å²) in [6, 6.07) is 0. The van der Waals surface area contributed by atoms with Gasteiger partial charge >= 0.3 is 0 Å². The van der Waals surface area contributed by atoms with Crippen LogP contribution in [-0.2, 0) is 10.0 Å². The molecule has 1 aliphatic rings. The summed E-state index contributed by atoms with van der Waals surface area (Å²) < 4.78 is 26.5. The SMILES string of the molecule is CCCNCCCCS(=O)(=O)NCC1CCCC1C. The Morgan fingerprint density at radius 1 is 1.16 bits per heavy atom. The predicted molar refractivity (Wildman–Crippen MR) is 80.7 cm³/mol. The van der Waals surface area contributed by atoms with Crippen molar-refractivity contribution in [1.29, 1.82) is 0 Å². The van der Waals surface area contributed by atoms with E-state index in [1.807, 2.05) is 0 Å². The molecule has 0 heterocycles. The summed E-state index contributed by atoms with van der Waals surface area (Å²) >= 11 is 0. The molecule has 0 bridgehead atoms. The zero-order valence-electron chi connectivity index (χ0n) is 12.5. The normalized spacial score (nSPS) is 23.9. The molecule has 2 N–H and O–H groups in total. The second kappa shape index (κ2) is 8.93. The second-order valence-corrected chi connectivity index (χ2v) is 7.72. The Kier molecular flexibility index (Phi) is 7.95. The van der Waals surface area contributed by atoms with E-state index in [1.54, 1.807) is 0 Å². The van der Waals surface area contributed by atoms with Gasteiger partial charge in [0, 0.05) is 6.54 Å². The molecule has 0 aromatic heterocycles. The molecule has 2 unspecified atom stereocenters. The number of nitrogens with one attached hydrogen (secondary N) is 2. The molecular formula is C14H30N2O2S. The lowest BCUT2D eigenvalue weighted by molar-refractivity contribution is 0.414. The quantitative estimate of drug-likeness (QED) is 0.606. The van der Waals surface area contributed by atoms with Gasteiger partial charge in [0.15, 0.2) is 0 Å². The maximum Gasteiger partial charge on any atom is 0.211 e. The van der Waals surface area contributed by atoms with Gasteiger partial charge in [-0.15, -0.1) is 0 Å². The van der Waals surface area contributed by atoms with Crippen molar-refractivity contribution in [3.63, 3.8) is 0 Å². The smallest absolute Gasteiger partial charge is 0.211 e. The van der Waals surface area contributed by atoms with E-state index in [2.05, 4.69) is 23.9 Å². The second-order valence-electron chi connectivity index (χ2n) is 5.79. The van der Waals surface area contributed by atoms with Crippen LogP contribution in [0.1, 0.15) is 52.4 Å². The first-order chi connectivity index (χ1) is 9.05. The molecule has 0 amide bonds. The van der Waals surface area contributed by atoms with E-state index in [-0.39, 0.29) is 5.75 Å². The minimum absolute atomic E-state index is 0.266. The highest BCUT2D eigenvalue weighted by molar-refractivity contribution is 7.89. The van der Waals surface area contributed by atoms with Gasteiger partial charge in [-0.05, 0) is 50.6 Å². The molecule has 1 aliphatic carbocycles. The van der Waals surface area contributed by atoms with E-state index in [9.17, 15) is 8.42 Å². The van der Waals surface area contributed by atoms with Gasteiger partial charge in [-0.1, -0.05) is 26.7 Å². The molecule has 0 spiro atoms. The van der Waals surface area contributed by atoms with E-state index in [0.29, 0.717) is 18.4 Å². The standard InChI is InChI=1S/C14H30N2O2S/c1-3-9-15-10-4-5-11-19(17,18)16-12-14-8-6-7-13(14)2/h13-16H,3-12H2,1-2H3. The summed E-state index contributed by atoms with van der Waals surface area (Å²) in [6.45, 7) is 6.93. The van der Waals surface area contributed by atoms with E-state index in [4.69, 9.17) is 0 Å². The number of hydrogen-bond donors (Lipinski definition) is 2. The Hall–Kier alpha value is -0.130. The Bertz CT molecular complexity index is 330. The van der Waals surface area contributed by atoms with E-state index in [1.165, 1.54) is 19.3 Å². The Morgan fingerprint density at radius 2 is 1.95 bits per heavy atom. The van der Waals surface area contributed by atoms with Crippen LogP contribution in [0.2, 0.25) is 0 Å². The molecule has 114 valence electrons. The van der Waals surface area contributed by atoms with Crippen LogP contribution in [0.3, 0.4) is 0 Å². The zero-order chi connectivity index (χ0) is 14.1. The summed E-state index contributed by atoms with van der Waals surface area (Å²) in [5, 5.41) is 3.29. The first-order valence-corrected chi connectivity index (χ1v) is 9.38. The topological polar surface area (TPSA) is 58.2 Å². The van der Waals surface area contributed by atoms with Crippen molar-refractivity contribution in [2.75, 3.05) is 25.4 Å². The predicted octanol–water partition coefficient (Wildman–Crippen LogP) is 2.12. The third-order valence-electron chi connectivity index (χ3n) is 4.05. The third-order valence-corrected chi connectivity index (χ3v) is 5.48. The van der Waals surface area contributed by atoms with Gasteiger partial charge < -0.3 is 5.32 Å². The molecule has 0 aliphatic heterocycles. The molecule has 4 nitrogen and oxygen atoms in total. The van der Waals surface area contributed by atoms with Crippen molar-refractivity contribution >= 4 is 10.0 Å². The van der Waals surface area contributed by atoms with Crippen molar-refractivity contribution in [2.24, 2.45) is 11.8 Å². The summed E-state index contributed by atoms with van der Waals surface area (Å²) in [5.74, 6) is 1.48. The van der Waals surface area contributed by atoms with E-state index < -0.39 is 10.0 Å². The van der Waals surface area contributed by atoms with Gasteiger partial charge in [-0.25, -0.2) is 13.1 Å². The third kappa shape index (κ3) is 7.28.